The molecule has 0 heterocycles. The summed E-state index contributed by atoms with van der Waals surface area (Å²) in [6, 6.07) is -0.902. The summed E-state index contributed by atoms with van der Waals surface area (Å²) in [5, 5.41) is 8.34. The van der Waals surface area contributed by atoms with E-state index in [0.29, 0.717) is 0 Å². The fraction of sp³-hybridized carbons (Fsp3) is 0.800. The summed E-state index contributed by atoms with van der Waals surface area (Å²) in [5.41, 5.74) is 5.22. The van der Waals surface area contributed by atoms with Gasteiger partial charge in [-0.1, -0.05) is 0 Å². The molecule has 0 saturated carbocycles. The Bertz CT molecular complexity index is 125. The molecular formula is C5H14ClNO3S. The van der Waals surface area contributed by atoms with Gasteiger partial charge in [0.25, 0.3) is 0 Å². The molecular weight excluding hydrogens is 190 g/mol. The zero-order valence-corrected chi connectivity index (χ0v) is 8.08. The predicted octanol–water partition coefficient (Wildman–Crippen LogP) is -0.296. The lowest BCUT2D eigenvalue weighted by Gasteiger charge is -2.21. The molecule has 0 radical (unpaired) electrons. The lowest BCUT2D eigenvalue weighted by Crippen LogP contribution is -2.45. The van der Waals surface area contributed by atoms with Crippen molar-refractivity contribution < 1.29 is 15.4 Å². The molecule has 0 saturated heterocycles. The van der Waals surface area contributed by atoms with E-state index in [0.717, 1.165) is 0 Å². The van der Waals surface area contributed by atoms with Crippen molar-refractivity contribution >= 4 is 31.0 Å². The summed E-state index contributed by atoms with van der Waals surface area (Å²) in [4.78, 5) is 10.2. The fourth-order valence-corrected chi connectivity index (χ4v) is 0.413. The highest BCUT2D eigenvalue weighted by Crippen LogP contribution is 2.15. The van der Waals surface area contributed by atoms with E-state index in [1.807, 2.05) is 0 Å². The highest BCUT2D eigenvalue weighted by atomic mass is 35.5. The minimum atomic E-state index is -1.02. The molecule has 0 aliphatic heterocycles. The SMILES string of the molecule is CC(C)(S)[C@@H](N)C(=O)O.Cl.O. The summed E-state index contributed by atoms with van der Waals surface area (Å²) >= 11 is 3.98. The van der Waals surface area contributed by atoms with E-state index in [2.05, 4.69) is 12.6 Å². The van der Waals surface area contributed by atoms with Gasteiger partial charge < -0.3 is 16.3 Å². The van der Waals surface area contributed by atoms with Crippen LogP contribution in [0.3, 0.4) is 0 Å². The van der Waals surface area contributed by atoms with Crippen LogP contribution in [0.2, 0.25) is 0 Å². The molecule has 0 aliphatic rings. The summed E-state index contributed by atoms with van der Waals surface area (Å²) in [6.07, 6.45) is 0. The predicted molar refractivity (Wildman–Crippen MR) is 49.5 cm³/mol. The van der Waals surface area contributed by atoms with Crippen molar-refractivity contribution in [1.82, 2.24) is 0 Å². The third kappa shape index (κ3) is 6.43. The van der Waals surface area contributed by atoms with Gasteiger partial charge in [-0.2, -0.15) is 12.6 Å². The number of carboxylic acids is 1. The average molecular weight is 204 g/mol. The molecule has 0 spiro atoms. The Morgan fingerprint density at radius 3 is 1.91 bits per heavy atom. The Kier molecular flexibility index (Phi) is 8.84. The monoisotopic (exact) mass is 203 g/mol. The maximum absolute atomic E-state index is 10.2. The van der Waals surface area contributed by atoms with Crippen LogP contribution >= 0.6 is 25.0 Å². The first-order valence-corrected chi connectivity index (χ1v) is 3.01. The first kappa shape index (κ1) is 17.2. The van der Waals surface area contributed by atoms with Crippen LogP contribution in [0.5, 0.6) is 0 Å². The van der Waals surface area contributed by atoms with Crippen LogP contribution in [-0.2, 0) is 4.79 Å². The van der Waals surface area contributed by atoms with Gasteiger partial charge in [-0.25, -0.2) is 0 Å². The van der Waals surface area contributed by atoms with Gasteiger partial charge in [0.05, 0.1) is 0 Å². The zero-order chi connectivity index (χ0) is 7.65. The van der Waals surface area contributed by atoms with Crippen LogP contribution < -0.4 is 5.73 Å². The van der Waals surface area contributed by atoms with Crippen LogP contribution in [-0.4, -0.2) is 27.3 Å². The molecule has 11 heavy (non-hydrogen) atoms. The average Bonchev–Trinajstić information content (AvgIpc) is 1.62. The van der Waals surface area contributed by atoms with Crippen LogP contribution in [0, 0.1) is 0 Å². The van der Waals surface area contributed by atoms with Crippen molar-refractivity contribution in [3.05, 3.63) is 0 Å². The molecule has 0 aromatic heterocycles. The van der Waals surface area contributed by atoms with Crippen molar-refractivity contribution in [3.8, 4) is 0 Å². The molecule has 0 aromatic carbocycles. The summed E-state index contributed by atoms with van der Waals surface area (Å²) in [6.45, 7) is 3.32. The maximum atomic E-state index is 10.2. The molecule has 0 aromatic rings. The normalized spacial score (nSPS) is 12.4. The molecule has 6 heteroatoms. The fourth-order valence-electron chi connectivity index (χ4n) is 0.302. The smallest absolute Gasteiger partial charge is 0.321 e. The Labute approximate surface area is 77.3 Å². The topological polar surface area (TPSA) is 94.8 Å². The first-order valence-electron chi connectivity index (χ1n) is 2.56. The number of rotatable bonds is 2. The third-order valence-corrected chi connectivity index (χ3v) is 1.31. The number of hydrogen-bond acceptors (Lipinski definition) is 3. The molecule has 1 atom stereocenters. The number of aliphatic carboxylic acids is 1. The van der Waals surface area contributed by atoms with E-state index in [-0.39, 0.29) is 17.9 Å². The minimum absolute atomic E-state index is 0. The summed E-state index contributed by atoms with van der Waals surface area (Å²) in [7, 11) is 0. The third-order valence-electron chi connectivity index (χ3n) is 1.03. The second kappa shape index (κ2) is 5.65. The molecule has 0 bridgehead atoms. The van der Waals surface area contributed by atoms with Gasteiger partial charge in [0.2, 0.25) is 0 Å². The summed E-state index contributed by atoms with van der Waals surface area (Å²) < 4.78 is -0.647. The van der Waals surface area contributed by atoms with Crippen LogP contribution in [0.1, 0.15) is 13.8 Å². The number of carboxylic acid groups (broad SMARTS) is 1. The van der Waals surface area contributed by atoms with E-state index >= 15 is 0 Å². The van der Waals surface area contributed by atoms with E-state index < -0.39 is 16.8 Å². The molecule has 0 fully saturated rings. The van der Waals surface area contributed by atoms with E-state index in [4.69, 9.17) is 10.8 Å². The molecule has 5 N–H and O–H groups in total. The van der Waals surface area contributed by atoms with Gasteiger partial charge in [-0.15, -0.1) is 12.4 Å². The largest absolute Gasteiger partial charge is 0.480 e. The lowest BCUT2D eigenvalue weighted by atomic mass is 10.1. The van der Waals surface area contributed by atoms with Crippen molar-refractivity contribution in [2.24, 2.45) is 5.73 Å². The highest BCUT2D eigenvalue weighted by Gasteiger charge is 2.27. The van der Waals surface area contributed by atoms with Gasteiger partial charge >= 0.3 is 5.97 Å². The van der Waals surface area contributed by atoms with Crippen molar-refractivity contribution in [2.75, 3.05) is 0 Å². The van der Waals surface area contributed by atoms with Crippen LogP contribution in [0.4, 0.5) is 0 Å². The molecule has 0 unspecified atom stereocenters. The number of carbonyl (C=O) groups is 1. The lowest BCUT2D eigenvalue weighted by molar-refractivity contribution is -0.139. The first-order chi connectivity index (χ1) is 3.85. The van der Waals surface area contributed by atoms with Gasteiger partial charge in [0, 0.05) is 4.75 Å². The Hall–Kier alpha value is 0.0300. The van der Waals surface area contributed by atoms with Gasteiger partial charge in [-0.3, -0.25) is 4.79 Å². The quantitative estimate of drug-likeness (QED) is 0.538. The van der Waals surface area contributed by atoms with Crippen molar-refractivity contribution in [3.63, 3.8) is 0 Å². The van der Waals surface area contributed by atoms with Gasteiger partial charge in [0.15, 0.2) is 0 Å². The minimum Gasteiger partial charge on any atom is -0.480 e. The highest BCUT2D eigenvalue weighted by molar-refractivity contribution is 7.81. The van der Waals surface area contributed by atoms with Crippen molar-refractivity contribution in [2.45, 2.75) is 24.6 Å². The van der Waals surface area contributed by atoms with E-state index in [9.17, 15) is 4.79 Å². The second-order valence-electron chi connectivity index (χ2n) is 2.47. The van der Waals surface area contributed by atoms with Crippen LogP contribution in [0.25, 0.3) is 0 Å². The Balaban J connectivity index is -0.000000320. The van der Waals surface area contributed by atoms with Gasteiger partial charge in [-0.05, 0) is 13.8 Å². The number of thiol groups is 1. The van der Waals surface area contributed by atoms with Crippen LogP contribution in [0.15, 0.2) is 0 Å². The Morgan fingerprint density at radius 1 is 1.64 bits per heavy atom. The van der Waals surface area contributed by atoms with Gasteiger partial charge in [0.1, 0.15) is 6.04 Å². The van der Waals surface area contributed by atoms with E-state index in [1.54, 1.807) is 13.8 Å². The molecule has 70 valence electrons. The molecule has 4 nitrogen and oxygen atoms in total. The summed E-state index contributed by atoms with van der Waals surface area (Å²) in [5.74, 6) is -1.02. The Morgan fingerprint density at radius 2 is 1.91 bits per heavy atom. The maximum Gasteiger partial charge on any atom is 0.321 e. The number of nitrogens with two attached hydrogens (primary N) is 1. The second-order valence-corrected chi connectivity index (χ2v) is 3.62. The molecule has 0 aliphatic carbocycles. The standard InChI is InChI=1S/C5H11NO2S.ClH.H2O/c1-5(2,9)3(6)4(7)8;;/h3,9H,6H2,1-2H3,(H,7,8);1H;1H2/t3-;;/m0../s1. The molecule has 0 amide bonds. The number of hydrogen-bond donors (Lipinski definition) is 3. The van der Waals surface area contributed by atoms with E-state index in [1.165, 1.54) is 0 Å². The number of halogens is 1. The molecule has 0 rings (SSSR count). The zero-order valence-electron chi connectivity index (χ0n) is 6.37. The van der Waals surface area contributed by atoms with Crippen molar-refractivity contribution in [1.29, 1.82) is 0 Å².